The summed E-state index contributed by atoms with van der Waals surface area (Å²) in [4.78, 5) is 142. The smallest absolute Gasteiger partial charge is 0.326 e. The zero-order valence-corrected chi connectivity index (χ0v) is 24.3. The van der Waals surface area contributed by atoms with Crippen molar-refractivity contribution in [3.8, 4) is 0 Å². The standard InChI is InChI=1S/C24H28N4O20/c29-13(25(4-16(32)33)5-17(34)35)1-2-14(30)27(8-20(40)41)11-23(46)48-12(24(47)28(9-21(42)43)10-22(44)45)3-15(31)26(6-18(36)37)7-19(38)39/h1-2,12H,3-11H2,(H,32,33)(H,34,35)(H,36,37)(H,38,39)(H,40,41)(H,42,43)(H,44,45)/b2-1+. The third kappa shape index (κ3) is 17.0. The van der Waals surface area contributed by atoms with Crippen LogP contribution in [0.4, 0.5) is 0 Å². The monoisotopic (exact) mass is 692 g/mol. The zero-order valence-electron chi connectivity index (χ0n) is 24.3. The summed E-state index contributed by atoms with van der Waals surface area (Å²) in [7, 11) is 0. The van der Waals surface area contributed by atoms with Crippen molar-refractivity contribution >= 4 is 71.4 Å². The van der Waals surface area contributed by atoms with Crippen molar-refractivity contribution in [1.29, 1.82) is 0 Å². The summed E-state index contributed by atoms with van der Waals surface area (Å²) in [5.74, 6) is -19.8. The fourth-order valence-corrected chi connectivity index (χ4v) is 3.39. The maximum atomic E-state index is 13.1. The minimum absolute atomic E-state index is 0.0726. The first-order valence-electron chi connectivity index (χ1n) is 12.7. The van der Waals surface area contributed by atoms with Crippen LogP contribution in [0.2, 0.25) is 0 Å². The number of aliphatic carboxylic acids is 7. The Morgan fingerprint density at radius 1 is 0.438 bits per heavy atom. The summed E-state index contributed by atoms with van der Waals surface area (Å²) in [5, 5.41) is 62.9. The second-order valence-corrected chi connectivity index (χ2v) is 9.10. The van der Waals surface area contributed by atoms with Crippen molar-refractivity contribution in [3.05, 3.63) is 12.2 Å². The quantitative estimate of drug-likeness (QED) is 0.0411. The van der Waals surface area contributed by atoms with Crippen LogP contribution in [0.25, 0.3) is 0 Å². The Morgan fingerprint density at radius 3 is 1.06 bits per heavy atom. The third-order valence-corrected chi connectivity index (χ3v) is 5.17. The summed E-state index contributed by atoms with van der Waals surface area (Å²) in [6.45, 7) is -10.2. The summed E-state index contributed by atoms with van der Waals surface area (Å²) < 4.78 is 4.83. The highest BCUT2D eigenvalue weighted by atomic mass is 16.6. The first-order chi connectivity index (χ1) is 22.1. The highest BCUT2D eigenvalue weighted by Gasteiger charge is 2.35. The van der Waals surface area contributed by atoms with Crippen LogP contribution in [0.5, 0.6) is 0 Å². The van der Waals surface area contributed by atoms with E-state index in [0.717, 1.165) is 0 Å². The average Bonchev–Trinajstić information content (AvgIpc) is 2.91. The average molecular weight is 692 g/mol. The number of carbonyl (C=O) groups excluding carboxylic acids is 5. The van der Waals surface area contributed by atoms with Crippen molar-refractivity contribution in [2.24, 2.45) is 0 Å². The molecule has 0 radical (unpaired) electrons. The summed E-state index contributed by atoms with van der Waals surface area (Å²) in [5.41, 5.74) is 0. The first-order valence-corrected chi connectivity index (χ1v) is 12.7. The Bertz CT molecular complexity index is 1320. The zero-order chi connectivity index (χ0) is 37.3. The molecule has 0 rings (SSSR count). The van der Waals surface area contributed by atoms with E-state index in [1.165, 1.54) is 0 Å². The van der Waals surface area contributed by atoms with Gasteiger partial charge in [-0.3, -0.25) is 57.5 Å². The van der Waals surface area contributed by atoms with Crippen molar-refractivity contribution in [2.75, 3.05) is 52.4 Å². The fourth-order valence-electron chi connectivity index (χ4n) is 3.39. The van der Waals surface area contributed by atoms with E-state index in [4.69, 9.17) is 40.5 Å². The molecule has 0 aliphatic rings. The molecule has 0 aliphatic heterocycles. The van der Waals surface area contributed by atoms with Crippen LogP contribution in [0.1, 0.15) is 6.42 Å². The molecule has 0 aliphatic carbocycles. The molecule has 0 saturated carbocycles. The number of carboxylic acid groups (broad SMARTS) is 7. The predicted octanol–water partition coefficient (Wildman–Crippen LogP) is -5.25. The van der Waals surface area contributed by atoms with E-state index >= 15 is 0 Å². The largest absolute Gasteiger partial charge is 0.480 e. The van der Waals surface area contributed by atoms with Gasteiger partial charge in [0.25, 0.3) is 5.91 Å². The van der Waals surface area contributed by atoms with Crippen molar-refractivity contribution < 1.29 is 98.0 Å². The van der Waals surface area contributed by atoms with Gasteiger partial charge in [0.15, 0.2) is 6.10 Å². The number of amides is 4. The van der Waals surface area contributed by atoms with Crippen LogP contribution < -0.4 is 0 Å². The molecule has 48 heavy (non-hydrogen) atoms. The van der Waals surface area contributed by atoms with Crippen LogP contribution in [-0.4, -0.2) is 185 Å². The number of rotatable bonds is 22. The Hall–Kier alpha value is -6.62. The van der Waals surface area contributed by atoms with Gasteiger partial charge in [-0.2, -0.15) is 0 Å². The van der Waals surface area contributed by atoms with E-state index < -0.39 is 136 Å². The summed E-state index contributed by atoms with van der Waals surface area (Å²) >= 11 is 0. The molecule has 0 aromatic rings. The van der Waals surface area contributed by atoms with Crippen LogP contribution in [0.3, 0.4) is 0 Å². The van der Waals surface area contributed by atoms with Gasteiger partial charge in [0.2, 0.25) is 17.7 Å². The fraction of sp³-hybridized carbons (Fsp3) is 0.417. The van der Waals surface area contributed by atoms with Gasteiger partial charge in [-0.1, -0.05) is 0 Å². The van der Waals surface area contributed by atoms with Gasteiger partial charge in [0, 0.05) is 12.2 Å². The molecule has 264 valence electrons. The molecule has 7 N–H and O–H groups in total. The van der Waals surface area contributed by atoms with Crippen molar-refractivity contribution in [3.63, 3.8) is 0 Å². The van der Waals surface area contributed by atoms with E-state index in [1.807, 2.05) is 0 Å². The molecule has 0 spiro atoms. The molecule has 0 aromatic carbocycles. The lowest BCUT2D eigenvalue weighted by atomic mass is 10.2. The number of nitrogens with zero attached hydrogens (tertiary/aromatic N) is 4. The molecule has 24 nitrogen and oxygen atoms in total. The summed E-state index contributed by atoms with van der Waals surface area (Å²) in [6, 6.07) is 0. The molecular formula is C24H28N4O20. The lowest BCUT2D eigenvalue weighted by molar-refractivity contribution is -0.167. The number of esters is 1. The predicted molar refractivity (Wildman–Crippen MR) is 143 cm³/mol. The minimum atomic E-state index is -2.49. The first kappa shape index (κ1) is 41.4. The number of hydrogen-bond donors (Lipinski definition) is 7. The number of carboxylic acids is 7. The molecular weight excluding hydrogens is 664 g/mol. The van der Waals surface area contributed by atoms with E-state index in [-0.39, 0.29) is 19.6 Å². The lowest BCUT2D eigenvalue weighted by Crippen LogP contribution is -2.49. The molecule has 0 aromatic heterocycles. The van der Waals surface area contributed by atoms with Crippen LogP contribution in [0, 0.1) is 0 Å². The van der Waals surface area contributed by atoms with Gasteiger partial charge in [-0.05, 0) is 0 Å². The van der Waals surface area contributed by atoms with E-state index in [0.29, 0.717) is 12.2 Å². The maximum Gasteiger partial charge on any atom is 0.326 e. The Labute approximate surface area is 266 Å². The Kier molecular flexibility index (Phi) is 17.0. The SMILES string of the molecule is O=C(O)CN(CC(=O)O)C(=O)/C=C/C(=O)N(CC(=O)O)CC(=O)OC(CC(=O)N(CC(=O)O)CC(=O)O)C(=O)N(CC(=O)O)CC(=O)O. The van der Waals surface area contributed by atoms with E-state index in [1.54, 1.807) is 0 Å². The van der Waals surface area contributed by atoms with Crippen molar-refractivity contribution in [2.45, 2.75) is 12.5 Å². The van der Waals surface area contributed by atoms with E-state index in [2.05, 4.69) is 0 Å². The maximum absolute atomic E-state index is 13.1. The molecule has 1 atom stereocenters. The van der Waals surface area contributed by atoms with E-state index in [9.17, 15) is 57.5 Å². The van der Waals surface area contributed by atoms with Gasteiger partial charge in [0.05, 0.1) is 6.42 Å². The van der Waals surface area contributed by atoms with Crippen LogP contribution >= 0.6 is 0 Å². The topological polar surface area (TPSA) is 369 Å². The normalized spacial score (nSPS) is 11.0. The second-order valence-electron chi connectivity index (χ2n) is 9.10. The number of hydrogen-bond acceptors (Lipinski definition) is 13. The van der Waals surface area contributed by atoms with Gasteiger partial charge in [-0.15, -0.1) is 0 Å². The molecule has 0 saturated heterocycles. The lowest BCUT2D eigenvalue weighted by Gasteiger charge is -2.27. The van der Waals surface area contributed by atoms with Gasteiger partial charge in [-0.25, -0.2) is 0 Å². The number of ether oxygens (including phenoxy) is 1. The van der Waals surface area contributed by atoms with Crippen LogP contribution in [-0.2, 0) is 62.3 Å². The Morgan fingerprint density at radius 2 is 0.729 bits per heavy atom. The molecule has 1 unspecified atom stereocenters. The molecule has 24 heteroatoms. The highest BCUT2D eigenvalue weighted by Crippen LogP contribution is 2.10. The molecule has 0 fully saturated rings. The highest BCUT2D eigenvalue weighted by molar-refractivity contribution is 6.00. The minimum Gasteiger partial charge on any atom is -0.480 e. The second kappa shape index (κ2) is 19.7. The number of carbonyl (C=O) groups is 12. The van der Waals surface area contributed by atoms with Crippen molar-refractivity contribution in [1.82, 2.24) is 19.6 Å². The van der Waals surface area contributed by atoms with Crippen LogP contribution in [0.15, 0.2) is 12.2 Å². The third-order valence-electron chi connectivity index (χ3n) is 5.17. The van der Waals surface area contributed by atoms with Gasteiger partial charge < -0.3 is 60.1 Å². The summed E-state index contributed by atoms with van der Waals surface area (Å²) in [6.07, 6.45) is -3.23. The van der Waals surface area contributed by atoms with Gasteiger partial charge in [0.1, 0.15) is 52.4 Å². The van der Waals surface area contributed by atoms with Gasteiger partial charge >= 0.3 is 47.8 Å². The molecule has 0 bridgehead atoms. The Balaban J connectivity index is 6.37. The molecule has 4 amide bonds. The molecule has 0 heterocycles.